The summed E-state index contributed by atoms with van der Waals surface area (Å²) in [4.78, 5) is 11.0. The number of aryl methyl sites for hydroxylation is 2. The Morgan fingerprint density at radius 1 is 1.24 bits per heavy atom. The summed E-state index contributed by atoms with van der Waals surface area (Å²) in [6.07, 6.45) is 1.63. The average Bonchev–Trinajstić information content (AvgIpc) is 2.66. The molecule has 1 fully saturated rings. The molecule has 6 heteroatoms. The second-order valence-corrected chi connectivity index (χ2v) is 4.34. The third kappa shape index (κ3) is 1.64. The SMILES string of the molecule is Cc1nn(C)c2c(N3CCNCC3)ncnc12. The van der Waals surface area contributed by atoms with Crippen molar-refractivity contribution in [1.82, 2.24) is 25.1 Å². The van der Waals surface area contributed by atoms with Gasteiger partial charge in [-0.2, -0.15) is 5.10 Å². The zero-order valence-corrected chi connectivity index (χ0v) is 10.1. The number of anilines is 1. The van der Waals surface area contributed by atoms with Gasteiger partial charge < -0.3 is 10.2 Å². The molecule has 0 amide bonds. The molecule has 3 heterocycles. The van der Waals surface area contributed by atoms with Crippen molar-refractivity contribution in [3.63, 3.8) is 0 Å². The highest BCUT2D eigenvalue weighted by Crippen LogP contribution is 2.24. The quantitative estimate of drug-likeness (QED) is 0.754. The molecule has 0 unspecified atom stereocenters. The van der Waals surface area contributed by atoms with Crippen molar-refractivity contribution in [3.05, 3.63) is 12.0 Å². The summed E-state index contributed by atoms with van der Waals surface area (Å²) in [5, 5.41) is 7.76. The Balaban J connectivity index is 2.15. The predicted molar refractivity (Wildman–Crippen MR) is 66.1 cm³/mol. The lowest BCUT2D eigenvalue weighted by Crippen LogP contribution is -2.44. The zero-order valence-electron chi connectivity index (χ0n) is 10.1. The number of rotatable bonds is 1. The maximum atomic E-state index is 4.43. The van der Waals surface area contributed by atoms with Crippen LogP contribution < -0.4 is 10.2 Å². The fraction of sp³-hybridized carbons (Fsp3) is 0.545. The average molecular weight is 232 g/mol. The van der Waals surface area contributed by atoms with Crippen molar-refractivity contribution in [3.8, 4) is 0 Å². The Morgan fingerprint density at radius 2 is 2.00 bits per heavy atom. The second-order valence-electron chi connectivity index (χ2n) is 4.34. The number of nitrogens with zero attached hydrogens (tertiary/aromatic N) is 5. The van der Waals surface area contributed by atoms with Crippen LogP contribution in [0.5, 0.6) is 0 Å². The van der Waals surface area contributed by atoms with E-state index in [4.69, 9.17) is 0 Å². The van der Waals surface area contributed by atoms with E-state index in [0.717, 1.165) is 48.7 Å². The van der Waals surface area contributed by atoms with Crippen molar-refractivity contribution >= 4 is 16.9 Å². The molecule has 0 aliphatic carbocycles. The second kappa shape index (κ2) is 3.96. The van der Waals surface area contributed by atoms with Crippen molar-refractivity contribution in [2.75, 3.05) is 31.1 Å². The fourth-order valence-corrected chi connectivity index (χ4v) is 2.36. The van der Waals surface area contributed by atoms with E-state index in [1.54, 1.807) is 6.33 Å². The molecular formula is C11H16N6. The van der Waals surface area contributed by atoms with Crippen LogP contribution in [0, 0.1) is 6.92 Å². The molecule has 0 saturated carbocycles. The standard InChI is InChI=1S/C11H16N6/c1-8-9-10(16(2)15-8)11(14-7-13-9)17-5-3-12-4-6-17/h7,12H,3-6H2,1-2H3. The van der Waals surface area contributed by atoms with Crippen LogP contribution in [0.3, 0.4) is 0 Å². The van der Waals surface area contributed by atoms with Gasteiger partial charge in [-0.15, -0.1) is 0 Å². The molecule has 0 atom stereocenters. The van der Waals surface area contributed by atoms with Crippen LogP contribution in [-0.4, -0.2) is 45.9 Å². The van der Waals surface area contributed by atoms with E-state index in [-0.39, 0.29) is 0 Å². The summed E-state index contributed by atoms with van der Waals surface area (Å²) in [7, 11) is 1.95. The number of fused-ring (bicyclic) bond motifs is 1. The molecule has 0 bridgehead atoms. The molecule has 0 spiro atoms. The van der Waals surface area contributed by atoms with Crippen LogP contribution in [0.25, 0.3) is 11.0 Å². The van der Waals surface area contributed by atoms with E-state index >= 15 is 0 Å². The molecule has 0 radical (unpaired) electrons. The number of aromatic nitrogens is 4. The molecule has 90 valence electrons. The Bertz CT molecular complexity index is 540. The molecule has 1 N–H and O–H groups in total. The van der Waals surface area contributed by atoms with E-state index in [1.165, 1.54) is 0 Å². The monoisotopic (exact) mass is 232 g/mol. The highest BCUT2D eigenvalue weighted by Gasteiger charge is 2.18. The Labute approximate surface area is 99.7 Å². The number of hydrogen-bond donors (Lipinski definition) is 1. The summed E-state index contributed by atoms with van der Waals surface area (Å²) >= 11 is 0. The predicted octanol–water partition coefficient (Wildman–Crippen LogP) is 0.0813. The van der Waals surface area contributed by atoms with E-state index in [2.05, 4.69) is 25.3 Å². The first-order valence-corrected chi connectivity index (χ1v) is 5.87. The Kier molecular flexibility index (Phi) is 2.44. The highest BCUT2D eigenvalue weighted by molar-refractivity contribution is 5.87. The van der Waals surface area contributed by atoms with Crippen molar-refractivity contribution in [2.45, 2.75) is 6.92 Å². The highest BCUT2D eigenvalue weighted by atomic mass is 15.3. The van der Waals surface area contributed by atoms with Gasteiger partial charge in [0.25, 0.3) is 0 Å². The lowest BCUT2D eigenvalue weighted by atomic mass is 10.3. The fourth-order valence-electron chi connectivity index (χ4n) is 2.36. The molecule has 3 rings (SSSR count). The van der Waals surface area contributed by atoms with Gasteiger partial charge in [0.1, 0.15) is 17.4 Å². The summed E-state index contributed by atoms with van der Waals surface area (Å²) in [6.45, 7) is 5.95. The van der Waals surface area contributed by atoms with Crippen LogP contribution in [0.15, 0.2) is 6.33 Å². The largest absolute Gasteiger partial charge is 0.352 e. The third-order valence-corrected chi connectivity index (χ3v) is 3.19. The minimum Gasteiger partial charge on any atom is -0.352 e. The number of piperazine rings is 1. The molecule has 1 aliphatic rings. The first-order valence-electron chi connectivity index (χ1n) is 5.87. The normalized spacial score (nSPS) is 16.7. The Hall–Kier alpha value is -1.69. The minimum atomic E-state index is 0.955. The molecule has 17 heavy (non-hydrogen) atoms. The minimum absolute atomic E-state index is 0.955. The molecule has 2 aromatic rings. The first-order chi connectivity index (χ1) is 8.27. The molecule has 1 aliphatic heterocycles. The van der Waals surface area contributed by atoms with Gasteiger partial charge in [-0.25, -0.2) is 9.97 Å². The summed E-state index contributed by atoms with van der Waals surface area (Å²) in [5.74, 6) is 1.000. The number of hydrogen-bond acceptors (Lipinski definition) is 5. The lowest BCUT2D eigenvalue weighted by Gasteiger charge is -2.28. The van der Waals surface area contributed by atoms with Crippen LogP contribution in [-0.2, 0) is 7.05 Å². The van der Waals surface area contributed by atoms with Crippen LogP contribution in [0.4, 0.5) is 5.82 Å². The molecule has 2 aromatic heterocycles. The summed E-state index contributed by atoms with van der Waals surface area (Å²) in [6, 6.07) is 0. The van der Waals surface area contributed by atoms with Crippen molar-refractivity contribution in [2.24, 2.45) is 7.05 Å². The van der Waals surface area contributed by atoms with Gasteiger partial charge in [0, 0.05) is 33.2 Å². The Morgan fingerprint density at radius 3 is 2.76 bits per heavy atom. The molecule has 1 saturated heterocycles. The first kappa shape index (κ1) is 10.5. The van der Waals surface area contributed by atoms with Crippen LogP contribution >= 0.6 is 0 Å². The van der Waals surface area contributed by atoms with E-state index in [0.29, 0.717) is 0 Å². The van der Waals surface area contributed by atoms with E-state index in [9.17, 15) is 0 Å². The van der Waals surface area contributed by atoms with Gasteiger partial charge in [0.2, 0.25) is 0 Å². The van der Waals surface area contributed by atoms with Crippen molar-refractivity contribution < 1.29 is 0 Å². The lowest BCUT2D eigenvalue weighted by molar-refractivity contribution is 0.585. The third-order valence-electron chi connectivity index (χ3n) is 3.19. The molecular weight excluding hydrogens is 216 g/mol. The maximum Gasteiger partial charge on any atom is 0.158 e. The van der Waals surface area contributed by atoms with E-state index in [1.807, 2.05) is 18.7 Å². The number of nitrogens with one attached hydrogen (secondary N) is 1. The van der Waals surface area contributed by atoms with Gasteiger partial charge in [-0.05, 0) is 6.92 Å². The van der Waals surface area contributed by atoms with Gasteiger partial charge in [-0.1, -0.05) is 0 Å². The smallest absolute Gasteiger partial charge is 0.158 e. The van der Waals surface area contributed by atoms with Gasteiger partial charge >= 0.3 is 0 Å². The molecule has 0 aromatic carbocycles. The summed E-state index contributed by atoms with van der Waals surface area (Å²) < 4.78 is 1.88. The zero-order chi connectivity index (χ0) is 11.8. The van der Waals surface area contributed by atoms with Crippen LogP contribution in [0.2, 0.25) is 0 Å². The van der Waals surface area contributed by atoms with Crippen molar-refractivity contribution in [1.29, 1.82) is 0 Å². The van der Waals surface area contributed by atoms with Gasteiger partial charge in [0.15, 0.2) is 5.82 Å². The molecule has 6 nitrogen and oxygen atoms in total. The maximum absolute atomic E-state index is 4.43. The van der Waals surface area contributed by atoms with Gasteiger partial charge in [-0.3, -0.25) is 4.68 Å². The summed E-state index contributed by atoms with van der Waals surface area (Å²) in [5.41, 5.74) is 2.95. The topological polar surface area (TPSA) is 58.9 Å². The van der Waals surface area contributed by atoms with E-state index < -0.39 is 0 Å². The van der Waals surface area contributed by atoms with Crippen LogP contribution in [0.1, 0.15) is 5.69 Å². The van der Waals surface area contributed by atoms with Gasteiger partial charge in [0.05, 0.1) is 5.69 Å².